The number of methoxy groups -OCH3 is 2. The lowest BCUT2D eigenvalue weighted by atomic mass is 9.88. The van der Waals surface area contributed by atoms with Crippen LogP contribution < -0.4 is 43.2 Å². The summed E-state index contributed by atoms with van der Waals surface area (Å²) in [6.07, 6.45) is 18.1. The smallest absolute Gasteiger partial charge is 0.250 e. The van der Waals surface area contributed by atoms with Gasteiger partial charge in [-0.1, -0.05) is 223 Å². The van der Waals surface area contributed by atoms with Gasteiger partial charge in [-0.05, 0) is 118 Å². The first kappa shape index (κ1) is 90.7. The first-order chi connectivity index (χ1) is 46.5. The van der Waals surface area contributed by atoms with Crippen LogP contribution in [0.1, 0.15) is 237 Å². The number of aromatic nitrogens is 10. The van der Waals surface area contributed by atoms with Gasteiger partial charge in [-0.25, -0.2) is 24.9 Å². The standard InChI is InChI=1S/4C10H15NO.C9H14N2.2C9H13NO.C9H13N.C8H13N3/c1-10(2,3)8-5-6-11-9(7-8)12-4;1-10(2,3)8-5-6-11(4)9(12)7-8;1-10(2,3)8-5-6-9(12-4)11-7-8;1-10(2,3)8-5-6-9(12)11(4)7-8;1-9(2,3)7-4-5-8(10)11-6-7;2*1-9(2,3)7-4-5-8(11)10-6-7;1-9(2,3)8-5-4-6-10-7-8;1-8(2,3)6-4-5-10-7(9)11-6/h4*5-7H,1-4H3;4-6H,1-3H3,(H2,10,11);2*4-6H,1-3H3,(H,10,11);4-7H,1-3H3;4-5H,1-3H3,(H2,9,10,11). The monoisotopic (exact) mass is 1400 g/mol. The molecule has 18 nitrogen and oxygen atoms in total. The first-order valence-corrected chi connectivity index (χ1v) is 34.5. The second-order valence-electron chi connectivity index (χ2n) is 34.1. The van der Waals surface area contributed by atoms with Crippen LogP contribution in [0.2, 0.25) is 0 Å². The van der Waals surface area contributed by atoms with Crippen LogP contribution in [0.15, 0.2) is 184 Å². The third-order valence-electron chi connectivity index (χ3n) is 15.5. The summed E-state index contributed by atoms with van der Waals surface area (Å²) < 4.78 is 13.2. The van der Waals surface area contributed by atoms with Crippen molar-refractivity contribution in [1.82, 2.24) is 49.0 Å². The van der Waals surface area contributed by atoms with Crippen LogP contribution in [0, 0.1) is 0 Å². The van der Waals surface area contributed by atoms with Gasteiger partial charge in [0.1, 0.15) is 5.82 Å². The molecule has 0 aliphatic heterocycles. The van der Waals surface area contributed by atoms with E-state index in [0.717, 1.165) is 22.4 Å². The number of ether oxygens (including phenoxy) is 2. The average Bonchev–Trinajstić information content (AvgIpc) is 0.864. The second-order valence-corrected chi connectivity index (χ2v) is 34.1. The predicted molar refractivity (Wildman–Crippen MR) is 427 cm³/mol. The van der Waals surface area contributed by atoms with Gasteiger partial charge < -0.3 is 40.0 Å². The summed E-state index contributed by atoms with van der Waals surface area (Å²) in [5, 5.41) is 0. The molecule has 0 bridgehead atoms. The molecule has 0 atom stereocenters. The highest BCUT2D eigenvalue weighted by atomic mass is 16.5. The van der Waals surface area contributed by atoms with Crippen LogP contribution >= 0.6 is 0 Å². The zero-order chi connectivity index (χ0) is 78.6. The second kappa shape index (κ2) is 39.2. The van der Waals surface area contributed by atoms with Crippen LogP contribution in [0.4, 0.5) is 11.8 Å². The molecular formula is C84H126N12O6. The van der Waals surface area contributed by atoms with Crippen molar-refractivity contribution in [2.45, 2.75) is 236 Å². The third kappa shape index (κ3) is 35.8. The van der Waals surface area contributed by atoms with Gasteiger partial charge in [0.05, 0.1) is 19.9 Å². The summed E-state index contributed by atoms with van der Waals surface area (Å²) in [4.78, 5) is 73.2. The van der Waals surface area contributed by atoms with E-state index in [1.165, 1.54) is 27.8 Å². The van der Waals surface area contributed by atoms with E-state index >= 15 is 0 Å². The number of nitrogens with two attached hydrogens (primary N) is 2. The molecule has 558 valence electrons. The lowest BCUT2D eigenvalue weighted by Crippen LogP contribution is -2.20. The SMILES string of the molecule is CC(C)(C)c1ccc(=O)[nH]c1.CC(C)(C)c1ccc(=O)[nH]c1.CC(C)(C)c1ccc(N)nc1.CC(C)(C)c1cccnc1.CC(C)(C)c1ccnc(N)n1.COc1cc(C(C)(C)C)ccn1.COc1ccc(C(C)(C)C)cn1.Cn1cc(C(C)(C)C)ccc1=O.Cn1ccc(C(C)(C)C)cc1=O. The zero-order valence-corrected chi connectivity index (χ0v) is 67.8. The molecule has 0 saturated heterocycles. The molecule has 0 aromatic carbocycles. The zero-order valence-electron chi connectivity index (χ0n) is 67.8. The number of aromatic amines is 2. The van der Waals surface area contributed by atoms with E-state index in [9.17, 15) is 19.2 Å². The Bertz CT molecular complexity index is 4040. The normalized spacial score (nSPS) is 11.5. The number of pyridine rings is 8. The first-order valence-electron chi connectivity index (χ1n) is 34.5. The van der Waals surface area contributed by atoms with Gasteiger partial charge in [0, 0.05) is 118 Å². The number of nitrogens with one attached hydrogen (secondary N) is 2. The van der Waals surface area contributed by atoms with Crippen LogP contribution in [0.5, 0.6) is 11.8 Å². The maximum atomic E-state index is 11.2. The predicted octanol–water partition coefficient (Wildman–Crippen LogP) is 17.2. The van der Waals surface area contributed by atoms with Crippen molar-refractivity contribution in [1.29, 1.82) is 0 Å². The molecule has 6 N–H and O–H groups in total. The quantitative estimate of drug-likeness (QED) is 0.126. The van der Waals surface area contributed by atoms with Crippen molar-refractivity contribution in [3.05, 3.63) is 257 Å². The lowest BCUT2D eigenvalue weighted by molar-refractivity contribution is 0.395. The maximum absolute atomic E-state index is 11.2. The van der Waals surface area contributed by atoms with Crippen LogP contribution in [0.3, 0.4) is 0 Å². The molecule has 9 aromatic heterocycles. The Kier molecular flexibility index (Phi) is 34.9. The molecule has 0 unspecified atom stereocenters. The van der Waals surface area contributed by atoms with Crippen molar-refractivity contribution in [2.75, 3.05) is 25.7 Å². The van der Waals surface area contributed by atoms with Gasteiger partial charge >= 0.3 is 0 Å². The van der Waals surface area contributed by atoms with Crippen molar-refractivity contribution in [2.24, 2.45) is 14.1 Å². The Morgan fingerprint density at radius 1 is 0.363 bits per heavy atom. The number of hydrogen-bond acceptors (Lipinski definition) is 14. The fraction of sp³-hybridized carbons (Fsp3) is 0.476. The topological polar surface area (TPSA) is 258 Å². The molecule has 102 heavy (non-hydrogen) atoms. The minimum Gasteiger partial charge on any atom is -0.481 e. The molecule has 9 heterocycles. The molecule has 18 heteroatoms. The molecule has 9 rings (SSSR count). The molecule has 0 fully saturated rings. The summed E-state index contributed by atoms with van der Waals surface area (Å²) in [7, 11) is 6.79. The van der Waals surface area contributed by atoms with E-state index in [0.29, 0.717) is 23.5 Å². The Hall–Kier alpha value is -9.32. The minimum absolute atomic E-state index is 0.0435. The Labute approximate surface area is 611 Å². The molecule has 0 radical (unpaired) electrons. The summed E-state index contributed by atoms with van der Waals surface area (Å²) in [5.41, 5.74) is 22.6. The fourth-order valence-corrected chi connectivity index (χ4v) is 8.19. The van der Waals surface area contributed by atoms with Crippen molar-refractivity contribution in [3.63, 3.8) is 0 Å². The van der Waals surface area contributed by atoms with E-state index in [1.54, 1.807) is 92.7 Å². The molecule has 0 spiro atoms. The number of hydrogen-bond donors (Lipinski definition) is 4. The number of anilines is 2. The molecule has 0 aliphatic carbocycles. The van der Waals surface area contributed by atoms with Gasteiger partial charge in [0.15, 0.2) is 0 Å². The summed E-state index contributed by atoms with van der Waals surface area (Å²) in [5.74, 6) is 2.28. The number of rotatable bonds is 2. The van der Waals surface area contributed by atoms with Gasteiger partial charge in [-0.3, -0.25) is 24.2 Å². The highest BCUT2D eigenvalue weighted by Gasteiger charge is 2.20. The van der Waals surface area contributed by atoms with Crippen LogP contribution in [-0.4, -0.2) is 63.2 Å². The van der Waals surface area contributed by atoms with Gasteiger partial charge in [-0.2, -0.15) is 0 Å². The van der Waals surface area contributed by atoms with Crippen molar-refractivity contribution >= 4 is 11.8 Å². The molecule has 0 amide bonds. The molecule has 9 aromatic rings. The van der Waals surface area contributed by atoms with E-state index in [1.807, 2.05) is 104 Å². The van der Waals surface area contributed by atoms with Gasteiger partial charge in [0.25, 0.3) is 5.56 Å². The van der Waals surface area contributed by atoms with E-state index in [2.05, 4.69) is 233 Å². The number of H-pyrrole nitrogens is 2. The number of aryl methyl sites for hydroxylation is 2. The van der Waals surface area contributed by atoms with Crippen molar-refractivity contribution < 1.29 is 9.47 Å². The maximum Gasteiger partial charge on any atom is 0.250 e. The molecule has 0 saturated carbocycles. The summed E-state index contributed by atoms with van der Waals surface area (Å²) >= 11 is 0. The Balaban J connectivity index is 0.000000574. The fourth-order valence-electron chi connectivity index (χ4n) is 8.19. The highest BCUT2D eigenvalue weighted by molar-refractivity contribution is 5.32. The summed E-state index contributed by atoms with van der Waals surface area (Å²) in [6, 6.07) is 31.8. The van der Waals surface area contributed by atoms with Gasteiger partial charge in [0.2, 0.25) is 34.4 Å². The van der Waals surface area contributed by atoms with Gasteiger partial charge in [-0.15, -0.1) is 0 Å². The average molecular weight is 1400 g/mol. The number of nitrogens with zero attached hydrogens (tertiary/aromatic N) is 8. The van der Waals surface area contributed by atoms with Crippen molar-refractivity contribution in [3.8, 4) is 11.8 Å². The largest absolute Gasteiger partial charge is 0.481 e. The third-order valence-corrected chi connectivity index (χ3v) is 15.5. The molecule has 0 aliphatic rings. The summed E-state index contributed by atoms with van der Waals surface area (Å²) in [6.45, 7) is 57.6. The lowest BCUT2D eigenvalue weighted by Gasteiger charge is -2.19. The number of nitrogen functional groups attached to an aromatic ring is 2. The highest BCUT2D eigenvalue weighted by Crippen LogP contribution is 2.27. The van der Waals surface area contributed by atoms with Crippen LogP contribution in [0.25, 0.3) is 0 Å². The Morgan fingerprint density at radius 3 is 1.12 bits per heavy atom. The van der Waals surface area contributed by atoms with E-state index in [4.69, 9.17) is 20.9 Å². The van der Waals surface area contributed by atoms with Crippen LogP contribution in [-0.2, 0) is 62.8 Å². The van der Waals surface area contributed by atoms with E-state index < -0.39 is 0 Å². The Morgan fingerprint density at radius 2 is 0.784 bits per heavy atom. The minimum atomic E-state index is -0.0435. The van der Waals surface area contributed by atoms with E-state index in [-0.39, 0.29) is 71.0 Å². The molecular weight excluding hydrogens is 1270 g/mol.